The Hall–Kier alpha value is -1.59. The van der Waals surface area contributed by atoms with E-state index in [1.807, 2.05) is 12.1 Å². The van der Waals surface area contributed by atoms with Gasteiger partial charge in [-0.2, -0.15) is 5.10 Å². The lowest BCUT2D eigenvalue weighted by atomic mass is 9.98. The molecule has 0 aliphatic carbocycles. The first-order chi connectivity index (χ1) is 10.7. The van der Waals surface area contributed by atoms with Crippen LogP contribution in [0.2, 0.25) is 5.02 Å². The van der Waals surface area contributed by atoms with Gasteiger partial charge in [0.25, 0.3) is 0 Å². The van der Waals surface area contributed by atoms with Crippen LogP contribution >= 0.6 is 11.6 Å². The predicted molar refractivity (Wildman–Crippen MR) is 91.5 cm³/mol. The molecule has 2 rings (SSSR count). The summed E-state index contributed by atoms with van der Waals surface area (Å²) in [4.78, 5) is 14.2. The van der Waals surface area contributed by atoms with Crippen molar-refractivity contribution in [2.24, 2.45) is 10.8 Å². The zero-order valence-electron chi connectivity index (χ0n) is 12.9. The van der Waals surface area contributed by atoms with Gasteiger partial charge in [-0.3, -0.25) is 4.79 Å². The molecule has 1 aromatic carbocycles. The van der Waals surface area contributed by atoms with E-state index in [4.69, 9.17) is 17.3 Å². The van der Waals surface area contributed by atoms with Crippen LogP contribution in [0.4, 0.5) is 5.69 Å². The lowest BCUT2D eigenvalue weighted by Crippen LogP contribution is -2.39. The van der Waals surface area contributed by atoms with Crippen molar-refractivity contribution in [3.05, 3.63) is 28.8 Å². The highest BCUT2D eigenvalue weighted by atomic mass is 35.5. The number of anilines is 1. The van der Waals surface area contributed by atoms with Gasteiger partial charge in [-0.15, -0.1) is 0 Å². The molecule has 0 spiro atoms. The van der Waals surface area contributed by atoms with Gasteiger partial charge in [0.1, 0.15) is 0 Å². The lowest BCUT2D eigenvalue weighted by Gasteiger charge is -2.30. The zero-order chi connectivity index (χ0) is 15.9. The van der Waals surface area contributed by atoms with Crippen molar-refractivity contribution >= 4 is 28.9 Å². The largest absolute Gasteiger partial charge is 0.330 e. The molecule has 1 aliphatic rings. The fourth-order valence-electron chi connectivity index (χ4n) is 2.44. The third kappa shape index (κ3) is 3.99. The molecule has 0 bridgehead atoms. The Bertz CT molecular complexity index is 559. The highest BCUT2D eigenvalue weighted by Crippen LogP contribution is 2.30. The fourth-order valence-corrected chi connectivity index (χ4v) is 2.62. The molecule has 0 aromatic heterocycles. The van der Waals surface area contributed by atoms with E-state index < -0.39 is 0 Å². The maximum Gasteiger partial charge on any atom is 0.233 e. The fraction of sp³-hybridized carbons (Fsp3) is 0.500. The van der Waals surface area contributed by atoms with E-state index in [1.165, 1.54) is 0 Å². The van der Waals surface area contributed by atoms with Gasteiger partial charge < -0.3 is 16.1 Å². The van der Waals surface area contributed by atoms with Gasteiger partial charge >= 0.3 is 0 Å². The summed E-state index contributed by atoms with van der Waals surface area (Å²) in [5.41, 5.74) is 11.2. The van der Waals surface area contributed by atoms with Gasteiger partial charge in [0.05, 0.1) is 17.8 Å². The third-order valence-corrected chi connectivity index (χ3v) is 3.86. The number of unbranched alkanes of at least 4 members (excludes halogenated alkanes) is 1. The van der Waals surface area contributed by atoms with Crippen molar-refractivity contribution < 1.29 is 4.79 Å². The minimum atomic E-state index is 0.0549. The van der Waals surface area contributed by atoms with Crippen LogP contribution < -0.4 is 16.1 Å². The molecule has 0 radical (unpaired) electrons. The van der Waals surface area contributed by atoms with Gasteiger partial charge in [0, 0.05) is 23.7 Å². The van der Waals surface area contributed by atoms with Crippen LogP contribution in [-0.4, -0.2) is 31.3 Å². The number of nitrogens with zero attached hydrogens (tertiary/aromatic N) is 2. The van der Waals surface area contributed by atoms with E-state index in [9.17, 15) is 4.79 Å². The number of fused-ring (bicyclic) bond motifs is 1. The van der Waals surface area contributed by atoms with Crippen LogP contribution in [0, 0.1) is 0 Å². The molecular weight excluding hydrogens is 300 g/mol. The smallest absolute Gasteiger partial charge is 0.233 e. The highest BCUT2D eigenvalue weighted by Gasteiger charge is 2.28. The first-order valence-corrected chi connectivity index (χ1v) is 8.15. The molecule has 0 atom stereocenters. The number of nitrogens with two attached hydrogens (primary N) is 1. The van der Waals surface area contributed by atoms with E-state index in [0.717, 1.165) is 42.8 Å². The minimum absolute atomic E-state index is 0.0549. The van der Waals surface area contributed by atoms with Gasteiger partial charge in [0.15, 0.2) is 0 Å². The molecule has 3 N–H and O–H groups in total. The Kier molecular flexibility index (Phi) is 6.21. The van der Waals surface area contributed by atoms with Crippen molar-refractivity contribution in [3.63, 3.8) is 0 Å². The second-order valence-corrected chi connectivity index (χ2v) is 5.78. The van der Waals surface area contributed by atoms with Crippen molar-refractivity contribution in [3.8, 4) is 0 Å². The molecule has 1 heterocycles. The van der Waals surface area contributed by atoms with Gasteiger partial charge in [-0.25, -0.2) is 0 Å². The van der Waals surface area contributed by atoms with E-state index in [1.54, 1.807) is 11.0 Å². The van der Waals surface area contributed by atoms with Crippen molar-refractivity contribution in [1.29, 1.82) is 0 Å². The van der Waals surface area contributed by atoms with E-state index in [0.29, 0.717) is 18.1 Å². The number of benzene rings is 1. The number of hydrazone groups is 1. The molecule has 0 fully saturated rings. The molecule has 0 unspecified atom stereocenters. The number of hydrogen-bond donors (Lipinski definition) is 2. The number of rotatable bonds is 7. The Labute approximate surface area is 136 Å². The summed E-state index contributed by atoms with van der Waals surface area (Å²) in [5, 5.41) is 5.05. The molecule has 1 amide bonds. The summed E-state index contributed by atoms with van der Waals surface area (Å²) >= 11 is 6.12. The third-order valence-electron chi connectivity index (χ3n) is 3.62. The SMILES string of the molecule is CCCCN/N=C1\CC(=O)N(CCCN)c2ccc(Cl)cc21. The molecule has 0 saturated heterocycles. The van der Waals surface area contributed by atoms with Crippen molar-refractivity contribution in [1.82, 2.24) is 5.43 Å². The van der Waals surface area contributed by atoms with Crippen molar-refractivity contribution in [2.45, 2.75) is 32.6 Å². The van der Waals surface area contributed by atoms with E-state index in [-0.39, 0.29) is 12.3 Å². The summed E-state index contributed by atoms with van der Waals surface area (Å²) in [7, 11) is 0. The molecule has 1 aliphatic heterocycles. The quantitative estimate of drug-likeness (QED) is 0.598. The van der Waals surface area contributed by atoms with E-state index >= 15 is 0 Å². The average Bonchev–Trinajstić information content (AvgIpc) is 2.51. The van der Waals surface area contributed by atoms with Crippen LogP contribution in [0.1, 0.15) is 38.2 Å². The zero-order valence-corrected chi connectivity index (χ0v) is 13.7. The standard InChI is InChI=1S/C16H23ClN4O/c1-2-3-8-19-20-14-11-16(22)21(9-4-7-18)15-6-5-12(17)10-13(14)15/h5-6,10,19H,2-4,7-9,11,18H2,1H3/b20-14+. The van der Waals surface area contributed by atoms with Crippen LogP contribution in [0.25, 0.3) is 0 Å². The monoisotopic (exact) mass is 322 g/mol. The van der Waals surface area contributed by atoms with Crippen LogP contribution in [0.3, 0.4) is 0 Å². The number of halogens is 1. The van der Waals surface area contributed by atoms with Gasteiger partial charge in [0.2, 0.25) is 5.91 Å². The average molecular weight is 323 g/mol. The van der Waals surface area contributed by atoms with Crippen LogP contribution in [0.5, 0.6) is 0 Å². The lowest BCUT2D eigenvalue weighted by molar-refractivity contribution is -0.117. The molecule has 0 saturated carbocycles. The maximum absolute atomic E-state index is 12.4. The summed E-state index contributed by atoms with van der Waals surface area (Å²) in [5.74, 6) is 0.0549. The van der Waals surface area contributed by atoms with E-state index in [2.05, 4.69) is 17.5 Å². The van der Waals surface area contributed by atoms with Crippen LogP contribution in [0.15, 0.2) is 23.3 Å². The minimum Gasteiger partial charge on any atom is -0.330 e. The molecule has 5 nitrogen and oxygen atoms in total. The predicted octanol–water partition coefficient (Wildman–Crippen LogP) is 2.52. The van der Waals surface area contributed by atoms with Gasteiger partial charge in [-0.1, -0.05) is 24.9 Å². The number of nitrogens with one attached hydrogen (secondary N) is 1. The normalized spacial score (nSPS) is 16.0. The first-order valence-electron chi connectivity index (χ1n) is 7.77. The summed E-state index contributed by atoms with van der Waals surface area (Å²) in [6, 6.07) is 5.56. The number of carbonyl (C=O) groups is 1. The topological polar surface area (TPSA) is 70.7 Å². The molecule has 22 heavy (non-hydrogen) atoms. The maximum atomic E-state index is 12.4. The van der Waals surface area contributed by atoms with Crippen LogP contribution in [-0.2, 0) is 4.79 Å². The molecule has 120 valence electrons. The first kappa shape index (κ1) is 16.8. The Morgan fingerprint density at radius 3 is 2.95 bits per heavy atom. The van der Waals surface area contributed by atoms with Crippen molar-refractivity contribution in [2.75, 3.05) is 24.5 Å². The number of hydrogen-bond acceptors (Lipinski definition) is 4. The Morgan fingerprint density at radius 1 is 1.41 bits per heavy atom. The summed E-state index contributed by atoms with van der Waals surface area (Å²) in [6.45, 7) is 4.12. The highest BCUT2D eigenvalue weighted by molar-refractivity contribution is 6.32. The number of amides is 1. The Morgan fingerprint density at radius 2 is 2.23 bits per heavy atom. The van der Waals surface area contributed by atoms with Gasteiger partial charge in [-0.05, 0) is 37.6 Å². The molecule has 1 aromatic rings. The summed E-state index contributed by atoms with van der Waals surface area (Å²) in [6.07, 6.45) is 3.22. The second kappa shape index (κ2) is 8.15. The molecule has 6 heteroatoms. The Balaban J connectivity index is 2.27. The summed E-state index contributed by atoms with van der Waals surface area (Å²) < 4.78 is 0. The second-order valence-electron chi connectivity index (χ2n) is 5.35. The number of carbonyl (C=O) groups excluding carboxylic acids is 1. The molecular formula is C16H23ClN4O.